The number of hydrogen-bond donors (Lipinski definition) is 0. The first kappa shape index (κ1) is 17.1. The quantitative estimate of drug-likeness (QED) is 0.468. The molecule has 2 rings (SSSR count). The lowest BCUT2D eigenvalue weighted by molar-refractivity contribution is -0.384. The molecule has 24 heavy (non-hydrogen) atoms. The standard InChI is InChI=1S/C15H12FNO7/c1-3-23-15(19)13-9(4-5-24-13)12-10(16)6-8(14(18)22-2)7-11(12)17(20)21/h4-7H,3H2,1-2H3. The molecular formula is C15H12FNO7. The van der Waals surface area contributed by atoms with E-state index < -0.39 is 33.9 Å². The summed E-state index contributed by atoms with van der Waals surface area (Å²) in [6, 6.07) is 2.86. The third-order valence-corrected chi connectivity index (χ3v) is 3.08. The minimum absolute atomic E-state index is 0.0465. The van der Waals surface area contributed by atoms with Crippen LogP contribution in [0.4, 0.5) is 10.1 Å². The Morgan fingerprint density at radius 2 is 2.04 bits per heavy atom. The Bertz CT molecular complexity index is 812. The van der Waals surface area contributed by atoms with E-state index in [0.717, 1.165) is 25.5 Å². The monoisotopic (exact) mass is 337 g/mol. The van der Waals surface area contributed by atoms with Gasteiger partial charge in [0.2, 0.25) is 5.76 Å². The van der Waals surface area contributed by atoms with Crippen LogP contribution >= 0.6 is 0 Å². The molecule has 0 atom stereocenters. The van der Waals surface area contributed by atoms with E-state index in [4.69, 9.17) is 9.15 Å². The lowest BCUT2D eigenvalue weighted by atomic mass is 10.0. The Kier molecular flexibility index (Phi) is 4.93. The Morgan fingerprint density at radius 1 is 1.33 bits per heavy atom. The Morgan fingerprint density at radius 3 is 2.62 bits per heavy atom. The van der Waals surface area contributed by atoms with Gasteiger partial charge in [0.25, 0.3) is 5.69 Å². The lowest BCUT2D eigenvalue weighted by Gasteiger charge is -2.07. The minimum Gasteiger partial charge on any atom is -0.465 e. The van der Waals surface area contributed by atoms with Crippen molar-refractivity contribution in [1.82, 2.24) is 0 Å². The fourth-order valence-electron chi connectivity index (χ4n) is 2.10. The zero-order valence-electron chi connectivity index (χ0n) is 12.7. The van der Waals surface area contributed by atoms with Crippen molar-refractivity contribution < 1.29 is 32.8 Å². The van der Waals surface area contributed by atoms with Gasteiger partial charge in [0.15, 0.2) is 0 Å². The molecule has 0 spiro atoms. The smallest absolute Gasteiger partial charge is 0.374 e. The maximum atomic E-state index is 14.5. The predicted octanol–water partition coefficient (Wildman–Crippen LogP) is 2.96. The summed E-state index contributed by atoms with van der Waals surface area (Å²) in [5.74, 6) is -3.26. The summed E-state index contributed by atoms with van der Waals surface area (Å²) in [5.41, 5.74) is -1.66. The van der Waals surface area contributed by atoms with Crippen LogP contribution in [0.1, 0.15) is 27.8 Å². The van der Waals surface area contributed by atoms with Crippen molar-refractivity contribution in [3.63, 3.8) is 0 Å². The maximum absolute atomic E-state index is 14.5. The highest BCUT2D eigenvalue weighted by Crippen LogP contribution is 2.36. The molecule has 0 saturated heterocycles. The van der Waals surface area contributed by atoms with Crippen LogP contribution in [0.25, 0.3) is 11.1 Å². The van der Waals surface area contributed by atoms with Gasteiger partial charge in [0.1, 0.15) is 5.82 Å². The van der Waals surface area contributed by atoms with Crippen LogP contribution in [0.15, 0.2) is 28.9 Å². The fraction of sp³-hybridized carbons (Fsp3) is 0.200. The third kappa shape index (κ3) is 3.09. The first-order chi connectivity index (χ1) is 11.4. The zero-order valence-corrected chi connectivity index (χ0v) is 12.7. The Hall–Kier alpha value is -3.23. The molecule has 9 heteroatoms. The summed E-state index contributed by atoms with van der Waals surface area (Å²) >= 11 is 0. The Labute approximate surface area is 134 Å². The first-order valence-electron chi connectivity index (χ1n) is 6.71. The van der Waals surface area contributed by atoms with Gasteiger partial charge in [-0.2, -0.15) is 0 Å². The average molecular weight is 337 g/mol. The lowest BCUT2D eigenvalue weighted by Crippen LogP contribution is -2.07. The molecule has 0 unspecified atom stereocenters. The van der Waals surface area contributed by atoms with Crippen molar-refractivity contribution in [2.45, 2.75) is 6.92 Å². The van der Waals surface area contributed by atoms with E-state index in [1.54, 1.807) is 6.92 Å². The van der Waals surface area contributed by atoms with E-state index >= 15 is 0 Å². The zero-order chi connectivity index (χ0) is 17.9. The molecule has 0 aliphatic rings. The largest absolute Gasteiger partial charge is 0.465 e. The van der Waals surface area contributed by atoms with Gasteiger partial charge >= 0.3 is 11.9 Å². The van der Waals surface area contributed by atoms with E-state index in [2.05, 4.69) is 4.74 Å². The maximum Gasteiger partial charge on any atom is 0.374 e. The van der Waals surface area contributed by atoms with Gasteiger partial charge in [-0.25, -0.2) is 14.0 Å². The molecule has 0 saturated carbocycles. The number of carbonyl (C=O) groups excluding carboxylic acids is 2. The second-order valence-corrected chi connectivity index (χ2v) is 4.48. The van der Waals surface area contributed by atoms with Crippen molar-refractivity contribution in [3.8, 4) is 11.1 Å². The van der Waals surface area contributed by atoms with Crippen molar-refractivity contribution in [3.05, 3.63) is 51.7 Å². The number of carbonyl (C=O) groups is 2. The van der Waals surface area contributed by atoms with Crippen molar-refractivity contribution in [1.29, 1.82) is 0 Å². The van der Waals surface area contributed by atoms with Crippen molar-refractivity contribution >= 4 is 17.6 Å². The molecule has 0 N–H and O–H groups in total. The first-order valence-corrected chi connectivity index (χ1v) is 6.71. The van der Waals surface area contributed by atoms with Gasteiger partial charge in [-0.3, -0.25) is 10.1 Å². The molecule has 0 radical (unpaired) electrons. The molecule has 0 aliphatic heterocycles. The summed E-state index contributed by atoms with van der Waals surface area (Å²) in [6.07, 6.45) is 1.08. The predicted molar refractivity (Wildman–Crippen MR) is 78.1 cm³/mol. The number of halogens is 1. The Balaban J connectivity index is 2.67. The van der Waals surface area contributed by atoms with E-state index in [0.29, 0.717) is 0 Å². The molecule has 126 valence electrons. The van der Waals surface area contributed by atoms with Crippen LogP contribution in [0.5, 0.6) is 0 Å². The molecule has 0 bridgehead atoms. The van der Waals surface area contributed by atoms with E-state index in [1.807, 2.05) is 0 Å². The fourth-order valence-corrected chi connectivity index (χ4v) is 2.10. The van der Waals surface area contributed by atoms with Gasteiger partial charge in [0.05, 0.1) is 36.0 Å². The normalized spacial score (nSPS) is 10.3. The molecule has 1 aromatic heterocycles. The summed E-state index contributed by atoms with van der Waals surface area (Å²) in [7, 11) is 1.06. The highest BCUT2D eigenvalue weighted by molar-refractivity contribution is 5.97. The highest BCUT2D eigenvalue weighted by Gasteiger charge is 2.29. The van der Waals surface area contributed by atoms with Crippen LogP contribution in [0, 0.1) is 15.9 Å². The average Bonchev–Trinajstić information content (AvgIpc) is 3.02. The highest BCUT2D eigenvalue weighted by atomic mass is 19.1. The number of hydrogen-bond acceptors (Lipinski definition) is 7. The summed E-state index contributed by atoms with van der Waals surface area (Å²) < 4.78 is 28.6. The molecule has 0 amide bonds. The number of nitrogens with zero attached hydrogens (tertiary/aromatic N) is 1. The van der Waals surface area contributed by atoms with Gasteiger partial charge in [0, 0.05) is 11.6 Å². The number of benzene rings is 1. The SMILES string of the molecule is CCOC(=O)c1occc1-c1c(F)cc(C(=O)OC)cc1[N+](=O)[O-]. The van der Waals surface area contributed by atoms with Gasteiger partial charge in [-0.1, -0.05) is 0 Å². The molecule has 8 nitrogen and oxygen atoms in total. The minimum atomic E-state index is -1.07. The van der Waals surface area contributed by atoms with Crippen LogP contribution < -0.4 is 0 Å². The number of methoxy groups -OCH3 is 1. The second-order valence-electron chi connectivity index (χ2n) is 4.48. The van der Waals surface area contributed by atoms with Crippen LogP contribution in [-0.4, -0.2) is 30.6 Å². The van der Waals surface area contributed by atoms with Crippen LogP contribution in [-0.2, 0) is 9.47 Å². The number of esters is 2. The summed E-state index contributed by atoms with van der Waals surface area (Å²) in [6.45, 7) is 1.61. The summed E-state index contributed by atoms with van der Waals surface area (Å²) in [4.78, 5) is 33.7. The second kappa shape index (κ2) is 6.90. The topological polar surface area (TPSA) is 109 Å². The number of rotatable bonds is 5. The van der Waals surface area contributed by atoms with Crippen LogP contribution in [0.3, 0.4) is 0 Å². The number of ether oxygens (including phenoxy) is 2. The molecule has 2 aromatic rings. The molecule has 0 aliphatic carbocycles. The summed E-state index contributed by atoms with van der Waals surface area (Å²) in [5, 5.41) is 11.3. The number of furan rings is 1. The van der Waals surface area contributed by atoms with Gasteiger partial charge < -0.3 is 13.9 Å². The van der Waals surface area contributed by atoms with E-state index in [9.17, 15) is 24.1 Å². The van der Waals surface area contributed by atoms with Gasteiger partial charge in [-0.05, 0) is 19.1 Å². The molecular weight excluding hydrogens is 325 g/mol. The van der Waals surface area contributed by atoms with E-state index in [-0.39, 0.29) is 23.5 Å². The third-order valence-electron chi connectivity index (χ3n) is 3.08. The molecule has 0 fully saturated rings. The van der Waals surface area contributed by atoms with Gasteiger partial charge in [-0.15, -0.1) is 0 Å². The van der Waals surface area contributed by atoms with E-state index in [1.165, 1.54) is 6.07 Å². The van der Waals surface area contributed by atoms with Crippen molar-refractivity contribution in [2.24, 2.45) is 0 Å². The number of nitro benzene ring substituents is 1. The molecule has 1 heterocycles. The van der Waals surface area contributed by atoms with Crippen LogP contribution in [0.2, 0.25) is 0 Å². The molecule has 1 aromatic carbocycles. The van der Waals surface area contributed by atoms with Crippen molar-refractivity contribution in [2.75, 3.05) is 13.7 Å². The number of nitro groups is 1.